The molecule has 0 bridgehead atoms. The van der Waals surface area contributed by atoms with Crippen molar-refractivity contribution in [3.8, 4) is 28.4 Å². The van der Waals surface area contributed by atoms with Crippen LogP contribution >= 0.6 is 0 Å². The molecule has 0 spiro atoms. The summed E-state index contributed by atoms with van der Waals surface area (Å²) < 4.78 is 52.7. The number of phenols is 1. The lowest BCUT2D eigenvalue weighted by Crippen LogP contribution is -2.14. The van der Waals surface area contributed by atoms with Gasteiger partial charge < -0.3 is 20.3 Å². The van der Waals surface area contributed by atoms with Gasteiger partial charge in [-0.2, -0.15) is 0 Å². The summed E-state index contributed by atoms with van der Waals surface area (Å²) in [4.78, 5) is -0.0962. The van der Waals surface area contributed by atoms with E-state index in [0.29, 0.717) is 5.75 Å². The Bertz CT molecular complexity index is 1180. The van der Waals surface area contributed by atoms with Crippen LogP contribution in [0.2, 0.25) is 0 Å². The fourth-order valence-electron chi connectivity index (χ4n) is 2.94. The molecule has 1 heterocycles. The molecule has 4 N–H and O–H groups in total. The highest BCUT2D eigenvalue weighted by molar-refractivity contribution is 7.92. The summed E-state index contributed by atoms with van der Waals surface area (Å²) in [6.07, 6.45) is 0. The van der Waals surface area contributed by atoms with Gasteiger partial charge in [-0.05, 0) is 42.5 Å². The van der Waals surface area contributed by atoms with E-state index in [4.69, 9.17) is 15.2 Å². The summed E-state index contributed by atoms with van der Waals surface area (Å²) in [6, 6.07) is 12.5. The number of nitrogens with two attached hydrogens (primary N) is 1. The third kappa shape index (κ3) is 3.05. The second-order valence-corrected chi connectivity index (χ2v) is 7.68. The van der Waals surface area contributed by atoms with E-state index < -0.39 is 15.8 Å². The first-order valence-electron chi connectivity index (χ1n) is 8.15. The minimum Gasteiger partial charge on any atom is -0.507 e. The molecule has 3 aromatic rings. The molecular formula is C19H15FN2O5S. The van der Waals surface area contributed by atoms with Gasteiger partial charge in [0.25, 0.3) is 10.0 Å². The smallest absolute Gasteiger partial charge is 0.263 e. The summed E-state index contributed by atoms with van der Waals surface area (Å²) in [5.41, 5.74) is 5.96. The fraction of sp³-hybridized carbons (Fsp3) is 0.0526. The van der Waals surface area contributed by atoms with Crippen LogP contribution in [0.5, 0.6) is 17.2 Å². The minimum absolute atomic E-state index is 0.0407. The van der Waals surface area contributed by atoms with Gasteiger partial charge >= 0.3 is 0 Å². The molecule has 0 aliphatic carbocycles. The molecule has 0 saturated heterocycles. The quantitative estimate of drug-likeness (QED) is 0.578. The van der Waals surface area contributed by atoms with Crippen LogP contribution in [0.1, 0.15) is 0 Å². The van der Waals surface area contributed by atoms with Crippen molar-refractivity contribution in [2.45, 2.75) is 4.90 Å². The normalized spacial score (nSPS) is 12.8. The Morgan fingerprint density at radius 3 is 2.64 bits per heavy atom. The summed E-state index contributed by atoms with van der Waals surface area (Å²) in [5, 5.41) is 10.2. The number of phenolic OH excluding ortho intramolecular Hbond substituents is 1. The zero-order chi connectivity index (χ0) is 19.9. The van der Waals surface area contributed by atoms with Gasteiger partial charge in [-0.1, -0.05) is 12.1 Å². The third-order valence-electron chi connectivity index (χ3n) is 4.21. The van der Waals surface area contributed by atoms with Crippen molar-refractivity contribution in [3.05, 3.63) is 60.4 Å². The van der Waals surface area contributed by atoms with E-state index in [1.54, 1.807) is 12.1 Å². The lowest BCUT2D eigenvalue weighted by molar-refractivity contribution is 0.174. The van der Waals surface area contributed by atoms with Gasteiger partial charge in [0, 0.05) is 11.3 Å². The number of ether oxygens (including phenoxy) is 2. The van der Waals surface area contributed by atoms with E-state index in [9.17, 15) is 17.9 Å². The molecule has 1 aliphatic heterocycles. The monoisotopic (exact) mass is 402 g/mol. The van der Waals surface area contributed by atoms with E-state index in [2.05, 4.69) is 4.72 Å². The average molecular weight is 402 g/mol. The zero-order valence-corrected chi connectivity index (χ0v) is 15.2. The van der Waals surface area contributed by atoms with Crippen LogP contribution in [-0.2, 0) is 10.0 Å². The summed E-state index contributed by atoms with van der Waals surface area (Å²) >= 11 is 0. The van der Waals surface area contributed by atoms with Crippen molar-refractivity contribution < 1.29 is 27.4 Å². The number of sulfonamides is 1. The molecule has 1 aliphatic rings. The maximum absolute atomic E-state index is 14.5. The Labute approximate surface area is 160 Å². The van der Waals surface area contributed by atoms with Crippen LogP contribution in [-0.4, -0.2) is 20.3 Å². The highest BCUT2D eigenvalue weighted by atomic mass is 32.2. The lowest BCUT2D eigenvalue weighted by atomic mass is 10.0. The molecule has 9 heteroatoms. The van der Waals surface area contributed by atoms with Gasteiger partial charge in [0.15, 0.2) is 11.5 Å². The number of hydrogen-bond donors (Lipinski definition) is 3. The Hall–Kier alpha value is -3.46. The summed E-state index contributed by atoms with van der Waals surface area (Å²) in [5.74, 6) is -0.349. The van der Waals surface area contributed by atoms with E-state index in [0.717, 1.165) is 6.07 Å². The fourth-order valence-corrected chi connectivity index (χ4v) is 4.12. The first-order chi connectivity index (χ1) is 13.4. The second kappa shape index (κ2) is 6.61. The van der Waals surface area contributed by atoms with Gasteiger partial charge in [-0.3, -0.25) is 4.72 Å². The van der Waals surface area contributed by atoms with Gasteiger partial charge in [0.05, 0.1) is 11.3 Å². The van der Waals surface area contributed by atoms with E-state index >= 15 is 0 Å². The molecule has 0 saturated carbocycles. The van der Waals surface area contributed by atoms with Crippen molar-refractivity contribution in [2.24, 2.45) is 0 Å². The maximum Gasteiger partial charge on any atom is 0.263 e. The number of nitrogen functional groups attached to an aromatic ring is 1. The van der Waals surface area contributed by atoms with Crippen molar-refractivity contribution in [3.63, 3.8) is 0 Å². The average Bonchev–Trinajstić information content (AvgIpc) is 3.12. The number of hydrogen-bond acceptors (Lipinski definition) is 6. The number of aromatic hydroxyl groups is 1. The number of halogens is 1. The standard InChI is InChI=1S/C19H15FN2O5S/c20-13-6-5-11(22-28(24,25)17-4-2-1-3-14(17)21)9-12(13)18-15(23)7-8-16-19(18)27-10-26-16/h1-9,22-23H,10,21H2. The van der Waals surface area contributed by atoms with Gasteiger partial charge in [0.1, 0.15) is 16.5 Å². The largest absolute Gasteiger partial charge is 0.507 e. The first kappa shape index (κ1) is 17.9. The lowest BCUT2D eigenvalue weighted by Gasteiger charge is -2.13. The Kier molecular flexibility index (Phi) is 4.23. The van der Waals surface area contributed by atoms with Gasteiger partial charge in [0.2, 0.25) is 6.79 Å². The molecule has 0 fully saturated rings. The van der Waals surface area contributed by atoms with Crippen molar-refractivity contribution in [2.75, 3.05) is 17.2 Å². The highest BCUT2D eigenvalue weighted by Gasteiger charge is 2.25. The van der Waals surface area contributed by atoms with Crippen molar-refractivity contribution >= 4 is 21.4 Å². The predicted molar refractivity (Wildman–Crippen MR) is 101 cm³/mol. The number of rotatable bonds is 4. The highest BCUT2D eigenvalue weighted by Crippen LogP contribution is 2.47. The molecular weight excluding hydrogens is 387 g/mol. The summed E-state index contributed by atoms with van der Waals surface area (Å²) in [6.45, 7) is -0.0625. The summed E-state index contributed by atoms with van der Waals surface area (Å²) in [7, 11) is -3.99. The Morgan fingerprint density at radius 1 is 1.07 bits per heavy atom. The van der Waals surface area contributed by atoms with Crippen LogP contribution in [0.25, 0.3) is 11.1 Å². The molecule has 0 unspecified atom stereocenters. The molecule has 3 aromatic carbocycles. The van der Waals surface area contributed by atoms with Gasteiger partial charge in [-0.25, -0.2) is 12.8 Å². The number of fused-ring (bicyclic) bond motifs is 1. The number of nitrogens with one attached hydrogen (secondary N) is 1. The van der Waals surface area contributed by atoms with Crippen LogP contribution in [0.15, 0.2) is 59.5 Å². The van der Waals surface area contributed by atoms with Crippen LogP contribution < -0.4 is 19.9 Å². The number of anilines is 2. The Morgan fingerprint density at radius 2 is 1.86 bits per heavy atom. The van der Waals surface area contributed by atoms with Crippen molar-refractivity contribution in [1.82, 2.24) is 0 Å². The maximum atomic E-state index is 14.5. The molecule has 0 aromatic heterocycles. The minimum atomic E-state index is -3.99. The number of para-hydroxylation sites is 1. The van der Waals surface area contributed by atoms with Crippen molar-refractivity contribution in [1.29, 1.82) is 0 Å². The zero-order valence-electron chi connectivity index (χ0n) is 14.3. The Balaban J connectivity index is 1.78. The van der Waals surface area contributed by atoms with E-state index in [1.165, 1.54) is 36.4 Å². The van der Waals surface area contributed by atoms with Crippen LogP contribution in [0, 0.1) is 5.82 Å². The predicted octanol–water partition coefficient (Wildman–Crippen LogP) is 3.31. The molecule has 144 valence electrons. The molecule has 0 radical (unpaired) electrons. The first-order valence-corrected chi connectivity index (χ1v) is 9.64. The third-order valence-corrected chi connectivity index (χ3v) is 5.67. The number of benzene rings is 3. The SMILES string of the molecule is Nc1ccccc1S(=O)(=O)Nc1ccc(F)c(-c2c(O)ccc3c2OCO3)c1. The molecule has 0 atom stereocenters. The molecule has 4 rings (SSSR count). The van der Waals surface area contributed by atoms with Crippen LogP contribution in [0.4, 0.5) is 15.8 Å². The van der Waals surface area contributed by atoms with Crippen LogP contribution in [0.3, 0.4) is 0 Å². The van der Waals surface area contributed by atoms with E-state index in [1.807, 2.05) is 0 Å². The molecule has 0 amide bonds. The molecule has 28 heavy (non-hydrogen) atoms. The topological polar surface area (TPSA) is 111 Å². The van der Waals surface area contributed by atoms with Gasteiger partial charge in [-0.15, -0.1) is 0 Å². The molecule has 7 nitrogen and oxygen atoms in total. The van der Waals surface area contributed by atoms with E-state index in [-0.39, 0.29) is 45.7 Å². The second-order valence-electron chi connectivity index (χ2n) is 6.03.